The second kappa shape index (κ2) is 7.94. The van der Waals surface area contributed by atoms with E-state index in [-0.39, 0.29) is 35.2 Å². The molecule has 0 bridgehead atoms. The fourth-order valence-corrected chi connectivity index (χ4v) is 2.96. The second-order valence-electron chi connectivity index (χ2n) is 7.01. The molecule has 0 saturated carbocycles. The highest BCUT2D eigenvalue weighted by Crippen LogP contribution is 2.33. The SMILES string of the molecule is CCN[C@H](C)CNC(=O)c1cc2c([nH]c1=O)CC(C)(C)CC2=O.Cl. The molecule has 1 amide bonds. The number of H-pyrrole nitrogens is 1. The monoisotopic (exact) mass is 355 g/mol. The van der Waals surface area contributed by atoms with Crippen LogP contribution in [0.4, 0.5) is 0 Å². The number of hydrogen-bond acceptors (Lipinski definition) is 4. The summed E-state index contributed by atoms with van der Waals surface area (Å²) >= 11 is 0. The van der Waals surface area contributed by atoms with Crippen molar-refractivity contribution in [2.24, 2.45) is 5.41 Å². The van der Waals surface area contributed by atoms with Crippen LogP contribution in [0, 0.1) is 5.41 Å². The highest BCUT2D eigenvalue weighted by molar-refractivity contribution is 6.02. The molecule has 1 atom stereocenters. The van der Waals surface area contributed by atoms with E-state index in [0.717, 1.165) is 6.54 Å². The van der Waals surface area contributed by atoms with Crippen LogP contribution in [-0.4, -0.2) is 35.8 Å². The van der Waals surface area contributed by atoms with Crippen LogP contribution in [0.25, 0.3) is 0 Å². The third-order valence-corrected chi connectivity index (χ3v) is 4.08. The van der Waals surface area contributed by atoms with Gasteiger partial charge >= 0.3 is 0 Å². The van der Waals surface area contributed by atoms with Gasteiger partial charge in [0.2, 0.25) is 0 Å². The van der Waals surface area contributed by atoms with Crippen molar-refractivity contribution in [3.05, 3.63) is 33.2 Å². The Hall–Kier alpha value is -1.66. The molecular formula is C17H26ClN3O3. The number of nitrogens with one attached hydrogen (secondary N) is 3. The number of fused-ring (bicyclic) bond motifs is 1. The van der Waals surface area contributed by atoms with Crippen molar-refractivity contribution < 1.29 is 9.59 Å². The Morgan fingerprint density at radius 3 is 2.62 bits per heavy atom. The van der Waals surface area contributed by atoms with Crippen LogP contribution >= 0.6 is 12.4 Å². The van der Waals surface area contributed by atoms with Crippen molar-refractivity contribution in [1.29, 1.82) is 0 Å². The Labute approximate surface area is 148 Å². The number of rotatable bonds is 5. The molecular weight excluding hydrogens is 330 g/mol. The molecule has 1 aromatic rings. The summed E-state index contributed by atoms with van der Waals surface area (Å²) < 4.78 is 0. The number of aromatic nitrogens is 1. The highest BCUT2D eigenvalue weighted by Gasteiger charge is 2.32. The van der Waals surface area contributed by atoms with Gasteiger partial charge in [0, 0.05) is 30.3 Å². The Morgan fingerprint density at radius 1 is 1.33 bits per heavy atom. The van der Waals surface area contributed by atoms with Gasteiger partial charge in [-0.3, -0.25) is 14.4 Å². The van der Waals surface area contributed by atoms with Gasteiger partial charge in [0.15, 0.2) is 5.78 Å². The molecule has 1 aromatic heterocycles. The number of carbonyl (C=O) groups excluding carboxylic acids is 2. The molecule has 1 aliphatic rings. The Balaban J connectivity index is 0.00000288. The molecule has 2 rings (SSSR count). The van der Waals surface area contributed by atoms with Crippen molar-refractivity contribution in [2.45, 2.75) is 46.6 Å². The largest absolute Gasteiger partial charge is 0.350 e. The zero-order valence-corrected chi connectivity index (χ0v) is 15.4. The van der Waals surface area contributed by atoms with Crippen molar-refractivity contribution in [3.63, 3.8) is 0 Å². The number of hydrogen-bond donors (Lipinski definition) is 3. The minimum absolute atomic E-state index is 0. The maximum absolute atomic E-state index is 12.3. The van der Waals surface area contributed by atoms with E-state index in [0.29, 0.717) is 30.6 Å². The summed E-state index contributed by atoms with van der Waals surface area (Å²) in [5, 5.41) is 5.91. The van der Waals surface area contributed by atoms with Crippen LogP contribution in [0.15, 0.2) is 10.9 Å². The summed E-state index contributed by atoms with van der Waals surface area (Å²) in [6.45, 7) is 9.15. The Bertz CT molecular complexity index is 682. The predicted molar refractivity (Wildman–Crippen MR) is 96.2 cm³/mol. The predicted octanol–water partition coefficient (Wildman–Crippen LogP) is 1.68. The first-order valence-corrected chi connectivity index (χ1v) is 8.04. The van der Waals surface area contributed by atoms with E-state index in [2.05, 4.69) is 15.6 Å². The molecule has 0 radical (unpaired) electrons. The van der Waals surface area contributed by atoms with Gasteiger partial charge in [0.05, 0.1) is 0 Å². The van der Waals surface area contributed by atoms with E-state index < -0.39 is 11.5 Å². The van der Waals surface area contributed by atoms with Crippen LogP contribution in [0.5, 0.6) is 0 Å². The molecule has 0 unspecified atom stereocenters. The van der Waals surface area contributed by atoms with Crippen LogP contribution in [0.1, 0.15) is 60.5 Å². The number of pyridine rings is 1. The first-order valence-electron chi connectivity index (χ1n) is 8.04. The molecule has 0 fully saturated rings. The normalized spacial score (nSPS) is 16.8. The van der Waals surface area contributed by atoms with Gasteiger partial charge in [-0.05, 0) is 31.4 Å². The summed E-state index contributed by atoms with van der Waals surface area (Å²) in [5.41, 5.74) is 0.490. The summed E-state index contributed by atoms with van der Waals surface area (Å²) in [5.74, 6) is -0.473. The topological polar surface area (TPSA) is 91.1 Å². The van der Waals surface area contributed by atoms with Crippen LogP contribution in [0.2, 0.25) is 0 Å². The lowest BCUT2D eigenvalue weighted by Crippen LogP contribution is -2.41. The number of amides is 1. The molecule has 3 N–H and O–H groups in total. The third kappa shape index (κ3) is 4.68. The lowest BCUT2D eigenvalue weighted by molar-refractivity contribution is 0.0910. The van der Waals surface area contributed by atoms with Crippen LogP contribution in [0.3, 0.4) is 0 Å². The molecule has 1 aliphatic carbocycles. The van der Waals surface area contributed by atoms with E-state index in [1.807, 2.05) is 27.7 Å². The van der Waals surface area contributed by atoms with Gasteiger partial charge in [-0.1, -0.05) is 20.8 Å². The summed E-state index contributed by atoms with van der Waals surface area (Å²) in [7, 11) is 0. The first kappa shape index (κ1) is 20.4. The first-order chi connectivity index (χ1) is 10.7. The smallest absolute Gasteiger partial charge is 0.261 e. The van der Waals surface area contributed by atoms with Gasteiger partial charge < -0.3 is 15.6 Å². The maximum atomic E-state index is 12.3. The van der Waals surface area contributed by atoms with Crippen molar-refractivity contribution in [2.75, 3.05) is 13.1 Å². The highest BCUT2D eigenvalue weighted by atomic mass is 35.5. The van der Waals surface area contributed by atoms with Crippen LogP contribution < -0.4 is 16.2 Å². The Kier molecular flexibility index (Phi) is 6.75. The molecule has 24 heavy (non-hydrogen) atoms. The van der Waals surface area contributed by atoms with E-state index >= 15 is 0 Å². The number of halogens is 1. The molecule has 0 aliphatic heterocycles. The molecule has 1 heterocycles. The fraction of sp³-hybridized carbons (Fsp3) is 0.588. The van der Waals surface area contributed by atoms with E-state index in [1.165, 1.54) is 6.07 Å². The number of Topliss-reactive ketones (excluding diaryl/α,β-unsaturated/α-hetero) is 1. The van der Waals surface area contributed by atoms with Gasteiger partial charge in [-0.15, -0.1) is 12.4 Å². The standard InChI is InChI=1S/C17H25N3O3.ClH/c1-5-18-10(2)9-19-15(22)12-6-11-13(20-16(12)23)7-17(3,4)8-14(11)21;/h6,10,18H,5,7-9H2,1-4H3,(H,19,22)(H,20,23);1H/t10-;/m1./s1. The van der Waals surface area contributed by atoms with Gasteiger partial charge in [0.25, 0.3) is 11.5 Å². The molecule has 134 valence electrons. The van der Waals surface area contributed by atoms with Crippen molar-refractivity contribution in [3.8, 4) is 0 Å². The van der Waals surface area contributed by atoms with E-state index in [4.69, 9.17) is 0 Å². The summed E-state index contributed by atoms with van der Waals surface area (Å²) in [6.07, 6.45) is 1.05. The van der Waals surface area contributed by atoms with E-state index in [1.54, 1.807) is 0 Å². The molecule has 7 heteroatoms. The zero-order chi connectivity index (χ0) is 17.2. The lowest BCUT2D eigenvalue weighted by atomic mass is 9.75. The number of ketones is 1. The second-order valence-corrected chi connectivity index (χ2v) is 7.01. The lowest BCUT2D eigenvalue weighted by Gasteiger charge is -2.29. The summed E-state index contributed by atoms with van der Waals surface area (Å²) in [4.78, 5) is 39.4. The van der Waals surface area contributed by atoms with Crippen molar-refractivity contribution in [1.82, 2.24) is 15.6 Å². The molecule has 0 spiro atoms. The molecule has 0 saturated heterocycles. The maximum Gasteiger partial charge on any atom is 0.261 e. The van der Waals surface area contributed by atoms with E-state index in [9.17, 15) is 14.4 Å². The minimum atomic E-state index is -0.448. The fourth-order valence-electron chi connectivity index (χ4n) is 2.96. The van der Waals surface area contributed by atoms with Crippen LogP contribution in [-0.2, 0) is 6.42 Å². The average Bonchev–Trinajstić information content (AvgIpc) is 2.43. The quantitative estimate of drug-likeness (QED) is 0.749. The van der Waals surface area contributed by atoms with Crippen molar-refractivity contribution >= 4 is 24.1 Å². The Morgan fingerprint density at radius 2 is 2.00 bits per heavy atom. The minimum Gasteiger partial charge on any atom is -0.350 e. The third-order valence-electron chi connectivity index (χ3n) is 4.08. The van der Waals surface area contributed by atoms with Gasteiger partial charge in [-0.25, -0.2) is 0 Å². The summed E-state index contributed by atoms with van der Waals surface area (Å²) in [6, 6.07) is 1.56. The number of aromatic amines is 1. The zero-order valence-electron chi connectivity index (χ0n) is 14.6. The molecule has 0 aromatic carbocycles. The van der Waals surface area contributed by atoms with Gasteiger partial charge in [-0.2, -0.15) is 0 Å². The average molecular weight is 356 g/mol. The molecule has 6 nitrogen and oxygen atoms in total. The number of carbonyl (C=O) groups is 2. The number of likely N-dealkylation sites (N-methyl/N-ethyl adjacent to an activating group) is 1. The van der Waals surface area contributed by atoms with Gasteiger partial charge in [0.1, 0.15) is 5.56 Å².